The predicted molar refractivity (Wildman–Crippen MR) is 199 cm³/mol. The zero-order valence-electron chi connectivity index (χ0n) is 27.0. The van der Waals surface area contributed by atoms with Crippen molar-refractivity contribution in [2.45, 2.75) is 5.60 Å². The van der Waals surface area contributed by atoms with Gasteiger partial charge in [-0.1, -0.05) is 170 Å². The van der Waals surface area contributed by atoms with E-state index in [1.807, 2.05) is 60.7 Å². The SMILES string of the molecule is c1ccc(-c2nc(-c3ccccc3)nc(-c3ccc(-c4cccc5c4-c4ccccc4C4(O5)c5ccccc5-c5ccccc54)cc3)n2)cc1. The molecule has 1 spiro atoms. The molecule has 1 aliphatic heterocycles. The van der Waals surface area contributed by atoms with E-state index in [2.05, 4.69) is 115 Å². The molecule has 4 nitrogen and oxygen atoms in total. The van der Waals surface area contributed by atoms with Crippen molar-refractivity contribution in [2.75, 3.05) is 0 Å². The van der Waals surface area contributed by atoms with Gasteiger partial charge in [0, 0.05) is 38.9 Å². The normalized spacial score (nSPS) is 13.1. The Morgan fingerprint density at radius 1 is 0.320 bits per heavy atom. The Morgan fingerprint density at radius 2 is 0.720 bits per heavy atom. The molecule has 50 heavy (non-hydrogen) atoms. The van der Waals surface area contributed by atoms with E-state index in [1.165, 1.54) is 27.8 Å². The Hall–Kier alpha value is -6.65. The fourth-order valence-corrected chi connectivity index (χ4v) is 7.69. The molecule has 4 heteroatoms. The number of ether oxygens (including phenoxy) is 1. The van der Waals surface area contributed by atoms with Gasteiger partial charge in [0.1, 0.15) is 5.75 Å². The summed E-state index contributed by atoms with van der Waals surface area (Å²) in [6, 6.07) is 61.1. The molecule has 1 aliphatic carbocycles. The fourth-order valence-electron chi connectivity index (χ4n) is 7.69. The number of nitrogens with zero attached hydrogens (tertiary/aromatic N) is 3. The first kappa shape index (κ1) is 28.4. The zero-order valence-corrected chi connectivity index (χ0v) is 27.0. The summed E-state index contributed by atoms with van der Waals surface area (Å²) < 4.78 is 7.30. The maximum Gasteiger partial charge on any atom is 0.186 e. The van der Waals surface area contributed by atoms with Crippen molar-refractivity contribution in [3.63, 3.8) is 0 Å². The van der Waals surface area contributed by atoms with Crippen LogP contribution in [0.2, 0.25) is 0 Å². The quantitative estimate of drug-likeness (QED) is 0.192. The average molecular weight is 640 g/mol. The van der Waals surface area contributed by atoms with Crippen molar-refractivity contribution in [3.05, 3.63) is 193 Å². The van der Waals surface area contributed by atoms with Crippen molar-refractivity contribution in [3.8, 4) is 73.3 Å². The highest BCUT2D eigenvalue weighted by molar-refractivity contribution is 5.94. The number of benzene rings is 7. The number of hydrogen-bond acceptors (Lipinski definition) is 4. The van der Waals surface area contributed by atoms with Crippen LogP contribution in [-0.4, -0.2) is 15.0 Å². The number of hydrogen-bond donors (Lipinski definition) is 0. The van der Waals surface area contributed by atoms with Gasteiger partial charge in [0.15, 0.2) is 23.1 Å². The first-order chi connectivity index (χ1) is 24.8. The van der Waals surface area contributed by atoms with Crippen LogP contribution in [0.25, 0.3) is 67.5 Å². The largest absolute Gasteiger partial charge is 0.472 e. The molecule has 0 amide bonds. The van der Waals surface area contributed by atoms with Gasteiger partial charge in [0.25, 0.3) is 0 Å². The van der Waals surface area contributed by atoms with Crippen LogP contribution in [0, 0.1) is 0 Å². The molecule has 0 saturated carbocycles. The highest BCUT2D eigenvalue weighted by Crippen LogP contribution is 2.59. The third kappa shape index (κ3) is 4.28. The smallest absolute Gasteiger partial charge is 0.186 e. The van der Waals surface area contributed by atoms with E-state index in [4.69, 9.17) is 19.7 Å². The molecular weight excluding hydrogens is 611 g/mol. The molecule has 7 aromatic carbocycles. The van der Waals surface area contributed by atoms with E-state index < -0.39 is 5.60 Å². The standard InChI is InChI=1S/C46H29N3O/c1-3-14-31(15-4-1)43-47-44(32-16-5-2-6-17-32)49-45(48-43)33-28-26-30(27-29-33)34-21-13-25-41-42(34)37-20-9-12-24-40(37)46(50-41)38-22-10-7-18-35(38)36-19-8-11-23-39(36)46/h1-29H. The average Bonchev–Trinajstić information content (AvgIpc) is 3.48. The van der Waals surface area contributed by atoms with Crippen molar-refractivity contribution in [1.82, 2.24) is 15.0 Å². The maximum absolute atomic E-state index is 7.30. The van der Waals surface area contributed by atoms with E-state index in [1.54, 1.807) is 0 Å². The van der Waals surface area contributed by atoms with E-state index >= 15 is 0 Å². The second-order valence-electron chi connectivity index (χ2n) is 12.7. The zero-order chi connectivity index (χ0) is 33.1. The van der Waals surface area contributed by atoms with E-state index in [-0.39, 0.29) is 0 Å². The lowest BCUT2D eigenvalue weighted by Gasteiger charge is -2.40. The molecule has 10 rings (SSSR count). The first-order valence-corrected chi connectivity index (χ1v) is 16.9. The molecule has 0 bridgehead atoms. The molecule has 0 radical (unpaired) electrons. The summed E-state index contributed by atoms with van der Waals surface area (Å²) in [7, 11) is 0. The van der Waals surface area contributed by atoms with Crippen LogP contribution in [0.15, 0.2) is 176 Å². The van der Waals surface area contributed by atoms with E-state index in [9.17, 15) is 0 Å². The summed E-state index contributed by atoms with van der Waals surface area (Å²) in [5, 5.41) is 0. The molecule has 8 aromatic rings. The van der Waals surface area contributed by atoms with Gasteiger partial charge >= 0.3 is 0 Å². The predicted octanol–water partition coefficient (Wildman–Crippen LogP) is 10.9. The molecule has 0 fully saturated rings. The Balaban J connectivity index is 1.09. The van der Waals surface area contributed by atoms with Crippen molar-refractivity contribution < 1.29 is 4.74 Å². The van der Waals surface area contributed by atoms with Crippen LogP contribution in [0.1, 0.15) is 16.7 Å². The molecular formula is C46H29N3O. The number of rotatable bonds is 4. The van der Waals surface area contributed by atoms with Crippen molar-refractivity contribution >= 4 is 0 Å². The molecule has 0 atom stereocenters. The molecule has 0 N–H and O–H groups in total. The lowest BCUT2D eigenvalue weighted by atomic mass is 9.76. The minimum absolute atomic E-state index is 0.633. The van der Waals surface area contributed by atoms with E-state index in [0.717, 1.165) is 44.7 Å². The minimum Gasteiger partial charge on any atom is -0.472 e. The number of aromatic nitrogens is 3. The van der Waals surface area contributed by atoms with Gasteiger partial charge in [-0.25, -0.2) is 15.0 Å². The second kappa shape index (κ2) is 11.2. The lowest BCUT2D eigenvalue weighted by Crippen LogP contribution is -2.36. The Bertz CT molecular complexity index is 2460. The summed E-state index contributed by atoms with van der Waals surface area (Å²) in [5.74, 6) is 2.80. The van der Waals surface area contributed by atoms with Crippen LogP contribution in [0.4, 0.5) is 0 Å². The number of fused-ring (bicyclic) bond motifs is 9. The summed E-state index contributed by atoms with van der Waals surface area (Å²) in [6.45, 7) is 0. The van der Waals surface area contributed by atoms with Gasteiger partial charge in [-0.3, -0.25) is 0 Å². The Labute approximate surface area is 290 Å². The van der Waals surface area contributed by atoms with Crippen LogP contribution in [-0.2, 0) is 5.60 Å². The minimum atomic E-state index is -0.731. The molecule has 2 aliphatic rings. The van der Waals surface area contributed by atoms with Gasteiger partial charge in [0.05, 0.1) is 0 Å². The topological polar surface area (TPSA) is 47.9 Å². The van der Waals surface area contributed by atoms with Gasteiger partial charge in [-0.15, -0.1) is 0 Å². The van der Waals surface area contributed by atoms with Gasteiger partial charge in [-0.05, 0) is 33.9 Å². The van der Waals surface area contributed by atoms with Gasteiger partial charge < -0.3 is 4.74 Å². The summed E-state index contributed by atoms with van der Waals surface area (Å²) in [5.41, 5.74) is 12.5. The van der Waals surface area contributed by atoms with Crippen LogP contribution in [0.5, 0.6) is 5.75 Å². The first-order valence-electron chi connectivity index (χ1n) is 16.9. The molecule has 234 valence electrons. The summed E-state index contributed by atoms with van der Waals surface area (Å²) in [6.07, 6.45) is 0. The molecule has 2 heterocycles. The Kier molecular flexibility index (Phi) is 6.36. The van der Waals surface area contributed by atoms with Gasteiger partial charge in [0.2, 0.25) is 0 Å². The monoisotopic (exact) mass is 639 g/mol. The van der Waals surface area contributed by atoms with Crippen LogP contribution >= 0.6 is 0 Å². The van der Waals surface area contributed by atoms with Crippen LogP contribution in [0.3, 0.4) is 0 Å². The lowest BCUT2D eigenvalue weighted by molar-refractivity contribution is 0.157. The third-order valence-electron chi connectivity index (χ3n) is 9.92. The second-order valence-corrected chi connectivity index (χ2v) is 12.7. The third-order valence-corrected chi connectivity index (χ3v) is 9.92. The van der Waals surface area contributed by atoms with Crippen LogP contribution < -0.4 is 4.74 Å². The summed E-state index contributed by atoms with van der Waals surface area (Å²) in [4.78, 5) is 14.7. The maximum atomic E-state index is 7.30. The highest BCUT2D eigenvalue weighted by atomic mass is 16.5. The fraction of sp³-hybridized carbons (Fsp3) is 0.0217. The molecule has 0 saturated heterocycles. The Morgan fingerprint density at radius 3 is 1.26 bits per heavy atom. The highest BCUT2D eigenvalue weighted by Gasteiger charge is 2.50. The molecule has 0 unspecified atom stereocenters. The molecule has 1 aromatic heterocycles. The van der Waals surface area contributed by atoms with Crippen molar-refractivity contribution in [2.24, 2.45) is 0 Å². The van der Waals surface area contributed by atoms with E-state index in [0.29, 0.717) is 17.5 Å². The summed E-state index contributed by atoms with van der Waals surface area (Å²) >= 11 is 0. The van der Waals surface area contributed by atoms with Crippen molar-refractivity contribution in [1.29, 1.82) is 0 Å². The van der Waals surface area contributed by atoms with Gasteiger partial charge in [-0.2, -0.15) is 0 Å².